The van der Waals surface area contributed by atoms with Gasteiger partial charge in [-0.2, -0.15) is 0 Å². The molecule has 0 spiro atoms. The number of nitrogens with zero attached hydrogens (tertiary/aromatic N) is 1. The van der Waals surface area contributed by atoms with Gasteiger partial charge in [-0.1, -0.05) is 18.2 Å². The number of rotatable bonds is 4. The third-order valence-corrected chi connectivity index (χ3v) is 3.95. The lowest BCUT2D eigenvalue weighted by molar-refractivity contribution is -0.117. The quantitative estimate of drug-likeness (QED) is 0.897. The minimum atomic E-state index is -0.546. The summed E-state index contributed by atoms with van der Waals surface area (Å²) in [5, 5.41) is 5.15. The Morgan fingerprint density at radius 3 is 2.80 bits per heavy atom. The van der Waals surface area contributed by atoms with Crippen LogP contribution >= 0.6 is 0 Å². The summed E-state index contributed by atoms with van der Waals surface area (Å²) < 4.78 is 18.7. The van der Waals surface area contributed by atoms with Crippen molar-refractivity contribution in [1.29, 1.82) is 0 Å². The van der Waals surface area contributed by atoms with Crippen LogP contribution in [0.3, 0.4) is 0 Å². The summed E-state index contributed by atoms with van der Waals surface area (Å²) in [5.41, 5.74) is 0.803. The molecule has 1 heterocycles. The first kappa shape index (κ1) is 16.8. The molecule has 0 bridgehead atoms. The number of ether oxygens (including phenoxy) is 1. The van der Waals surface area contributed by atoms with Crippen molar-refractivity contribution in [3.8, 4) is 5.75 Å². The Morgan fingerprint density at radius 2 is 2.04 bits per heavy atom. The smallest absolute Gasteiger partial charge is 0.319 e. The summed E-state index contributed by atoms with van der Waals surface area (Å²) in [4.78, 5) is 25.9. The highest BCUT2D eigenvalue weighted by Gasteiger charge is 2.31. The molecule has 3 rings (SSSR count). The highest BCUT2D eigenvalue weighted by atomic mass is 19.1. The fourth-order valence-electron chi connectivity index (χ4n) is 2.74. The average molecular weight is 343 g/mol. The van der Waals surface area contributed by atoms with Gasteiger partial charge in [-0.15, -0.1) is 0 Å². The first-order valence-electron chi connectivity index (χ1n) is 7.83. The Hall–Kier alpha value is -3.09. The number of halogens is 1. The molecule has 0 unspecified atom stereocenters. The number of nitrogens with one attached hydrogen (secondary N) is 2. The highest BCUT2D eigenvalue weighted by Crippen LogP contribution is 2.25. The summed E-state index contributed by atoms with van der Waals surface area (Å²) in [7, 11) is 1.56. The van der Waals surface area contributed by atoms with E-state index in [1.54, 1.807) is 42.3 Å². The molecule has 130 valence electrons. The standard InChI is InChI=1S/C18H18FN3O3/c1-25-14-6-4-5-13(10-14)22-11-12(9-17(22)23)20-18(24)21-16-8-3-2-7-15(16)19/h2-8,10,12H,9,11H2,1H3,(H2,20,21,24)/t12-/m0/s1. The van der Waals surface area contributed by atoms with Crippen molar-refractivity contribution < 1.29 is 18.7 Å². The molecule has 0 saturated carbocycles. The Kier molecular flexibility index (Phi) is 4.83. The van der Waals surface area contributed by atoms with Crippen LogP contribution in [0, 0.1) is 5.82 Å². The Labute approximate surface area is 144 Å². The molecule has 0 aliphatic carbocycles. The monoisotopic (exact) mass is 343 g/mol. The summed E-state index contributed by atoms with van der Waals surface area (Å²) in [5.74, 6) is 0.0432. The lowest BCUT2D eigenvalue weighted by Crippen LogP contribution is -2.39. The van der Waals surface area contributed by atoms with Gasteiger partial charge in [0.15, 0.2) is 0 Å². The molecule has 1 aliphatic rings. The van der Waals surface area contributed by atoms with Crippen LogP contribution in [0.1, 0.15) is 6.42 Å². The Bertz CT molecular complexity index is 797. The minimum absolute atomic E-state index is 0.0916. The van der Waals surface area contributed by atoms with Crippen LogP contribution in [0.25, 0.3) is 0 Å². The zero-order chi connectivity index (χ0) is 17.8. The van der Waals surface area contributed by atoms with Crippen LogP contribution in [-0.2, 0) is 4.79 Å². The molecule has 0 aromatic heterocycles. The molecule has 1 aliphatic heterocycles. The van der Waals surface area contributed by atoms with Gasteiger partial charge in [0.2, 0.25) is 5.91 Å². The third-order valence-electron chi connectivity index (χ3n) is 3.95. The Morgan fingerprint density at radius 1 is 1.24 bits per heavy atom. The minimum Gasteiger partial charge on any atom is -0.497 e. The number of carbonyl (C=O) groups is 2. The van der Waals surface area contributed by atoms with Crippen molar-refractivity contribution in [1.82, 2.24) is 5.32 Å². The van der Waals surface area contributed by atoms with E-state index in [0.717, 1.165) is 0 Å². The van der Waals surface area contributed by atoms with E-state index in [-0.39, 0.29) is 24.1 Å². The van der Waals surface area contributed by atoms with Gasteiger partial charge in [0, 0.05) is 24.7 Å². The predicted molar refractivity (Wildman–Crippen MR) is 92.3 cm³/mol. The zero-order valence-electron chi connectivity index (χ0n) is 13.7. The Balaban J connectivity index is 1.62. The normalized spacial score (nSPS) is 16.6. The number of urea groups is 1. The van der Waals surface area contributed by atoms with Gasteiger partial charge in [-0.25, -0.2) is 9.18 Å². The average Bonchev–Trinajstić information content (AvgIpc) is 2.97. The number of amides is 3. The van der Waals surface area contributed by atoms with Gasteiger partial charge < -0.3 is 20.3 Å². The number of carbonyl (C=O) groups excluding carboxylic acids is 2. The summed E-state index contributed by atoms with van der Waals surface area (Å²) in [6.45, 7) is 0.344. The molecule has 0 radical (unpaired) electrons. The fourth-order valence-corrected chi connectivity index (χ4v) is 2.74. The number of methoxy groups -OCH3 is 1. The van der Waals surface area contributed by atoms with Gasteiger partial charge in [-0.05, 0) is 24.3 Å². The van der Waals surface area contributed by atoms with Gasteiger partial charge in [-0.3, -0.25) is 4.79 Å². The van der Waals surface area contributed by atoms with E-state index >= 15 is 0 Å². The van der Waals surface area contributed by atoms with E-state index < -0.39 is 11.8 Å². The number of anilines is 2. The number of hydrogen-bond donors (Lipinski definition) is 2. The van der Waals surface area contributed by atoms with Crippen LogP contribution in [-0.4, -0.2) is 31.6 Å². The SMILES string of the molecule is COc1cccc(N2C[C@@H](NC(=O)Nc3ccccc3F)CC2=O)c1. The predicted octanol–water partition coefficient (Wildman–Crippen LogP) is 2.76. The summed E-state index contributed by atoms with van der Waals surface area (Å²) >= 11 is 0. The fraction of sp³-hybridized carbons (Fsp3) is 0.222. The molecule has 1 atom stereocenters. The molecule has 2 aromatic rings. The van der Waals surface area contributed by atoms with E-state index in [2.05, 4.69) is 10.6 Å². The van der Waals surface area contributed by atoms with Gasteiger partial charge >= 0.3 is 6.03 Å². The molecule has 2 aromatic carbocycles. The van der Waals surface area contributed by atoms with Crippen molar-refractivity contribution >= 4 is 23.3 Å². The topological polar surface area (TPSA) is 70.7 Å². The van der Waals surface area contributed by atoms with Crippen LogP contribution in [0.2, 0.25) is 0 Å². The van der Waals surface area contributed by atoms with Crippen molar-refractivity contribution in [2.24, 2.45) is 0 Å². The maximum Gasteiger partial charge on any atom is 0.319 e. The first-order valence-corrected chi connectivity index (χ1v) is 7.83. The second-order valence-corrected chi connectivity index (χ2v) is 5.69. The largest absolute Gasteiger partial charge is 0.497 e. The molecule has 1 saturated heterocycles. The second-order valence-electron chi connectivity index (χ2n) is 5.69. The van der Waals surface area contributed by atoms with Gasteiger partial charge in [0.25, 0.3) is 0 Å². The van der Waals surface area contributed by atoms with E-state index in [1.165, 1.54) is 12.1 Å². The molecule has 2 N–H and O–H groups in total. The third kappa shape index (κ3) is 3.88. The van der Waals surface area contributed by atoms with Crippen LogP contribution in [0.15, 0.2) is 48.5 Å². The lowest BCUT2D eigenvalue weighted by Gasteiger charge is -2.18. The molecule has 6 nitrogen and oxygen atoms in total. The molecule has 7 heteroatoms. The van der Waals surface area contributed by atoms with E-state index in [9.17, 15) is 14.0 Å². The van der Waals surface area contributed by atoms with Crippen molar-refractivity contribution in [2.45, 2.75) is 12.5 Å². The number of benzene rings is 2. The van der Waals surface area contributed by atoms with Crippen LogP contribution in [0.4, 0.5) is 20.6 Å². The van der Waals surface area contributed by atoms with Crippen molar-refractivity contribution in [2.75, 3.05) is 23.9 Å². The second kappa shape index (κ2) is 7.21. The van der Waals surface area contributed by atoms with Crippen molar-refractivity contribution in [3.05, 3.63) is 54.3 Å². The summed E-state index contributed by atoms with van der Waals surface area (Å²) in [6.07, 6.45) is 0.182. The van der Waals surface area contributed by atoms with Crippen LogP contribution < -0.4 is 20.3 Å². The van der Waals surface area contributed by atoms with Gasteiger partial charge in [0.05, 0.1) is 18.8 Å². The molecule has 3 amide bonds. The maximum atomic E-state index is 13.6. The summed E-state index contributed by atoms with van der Waals surface area (Å²) in [6, 6.07) is 12.2. The zero-order valence-corrected chi connectivity index (χ0v) is 13.7. The van der Waals surface area contributed by atoms with Gasteiger partial charge in [0.1, 0.15) is 11.6 Å². The number of hydrogen-bond acceptors (Lipinski definition) is 3. The maximum absolute atomic E-state index is 13.6. The van der Waals surface area contributed by atoms with Crippen LogP contribution in [0.5, 0.6) is 5.75 Å². The lowest BCUT2D eigenvalue weighted by atomic mass is 10.2. The van der Waals surface area contributed by atoms with E-state index in [4.69, 9.17) is 4.74 Å². The first-order chi connectivity index (χ1) is 12.1. The van der Waals surface area contributed by atoms with E-state index in [0.29, 0.717) is 18.0 Å². The number of para-hydroxylation sites is 1. The molecular weight excluding hydrogens is 325 g/mol. The van der Waals surface area contributed by atoms with Crippen molar-refractivity contribution in [3.63, 3.8) is 0 Å². The highest BCUT2D eigenvalue weighted by molar-refractivity contribution is 5.97. The molecular formula is C18H18FN3O3. The van der Waals surface area contributed by atoms with E-state index in [1.807, 2.05) is 6.07 Å². The molecule has 25 heavy (non-hydrogen) atoms. The molecule has 1 fully saturated rings.